The molecule has 2 aliphatic heterocycles. The standard InChI is InChI=1S/C19H36N2O/c1-15(2)17-12-19(13-17)22-18-6-10-21(11-7-18)14-16-4-8-20(3)9-5-16/h15-19H,4-14H2,1-3H3. The van der Waals surface area contributed by atoms with Crippen LogP contribution in [0.4, 0.5) is 0 Å². The highest BCUT2D eigenvalue weighted by Crippen LogP contribution is 2.37. The van der Waals surface area contributed by atoms with Gasteiger partial charge in [-0.15, -0.1) is 0 Å². The lowest BCUT2D eigenvalue weighted by Crippen LogP contribution is -2.44. The molecule has 3 heteroatoms. The van der Waals surface area contributed by atoms with E-state index in [1.807, 2.05) is 0 Å². The van der Waals surface area contributed by atoms with Crippen molar-refractivity contribution < 1.29 is 4.74 Å². The van der Waals surface area contributed by atoms with Gasteiger partial charge < -0.3 is 14.5 Å². The molecule has 0 spiro atoms. The van der Waals surface area contributed by atoms with Crippen molar-refractivity contribution in [2.75, 3.05) is 39.8 Å². The lowest BCUT2D eigenvalue weighted by Gasteiger charge is -2.42. The molecule has 3 nitrogen and oxygen atoms in total. The second-order valence-electron chi connectivity index (χ2n) is 8.48. The van der Waals surface area contributed by atoms with E-state index in [2.05, 4.69) is 30.7 Å². The Bertz CT molecular complexity index is 324. The lowest BCUT2D eigenvalue weighted by molar-refractivity contribution is -0.102. The summed E-state index contributed by atoms with van der Waals surface area (Å²) in [6.45, 7) is 11.1. The van der Waals surface area contributed by atoms with E-state index in [1.54, 1.807) is 0 Å². The summed E-state index contributed by atoms with van der Waals surface area (Å²) in [6, 6.07) is 0. The first-order chi connectivity index (χ1) is 10.6. The van der Waals surface area contributed by atoms with Gasteiger partial charge in [0.15, 0.2) is 0 Å². The van der Waals surface area contributed by atoms with Gasteiger partial charge in [0.05, 0.1) is 12.2 Å². The fraction of sp³-hybridized carbons (Fsp3) is 1.00. The van der Waals surface area contributed by atoms with Gasteiger partial charge in [-0.1, -0.05) is 13.8 Å². The Balaban J connectivity index is 1.30. The van der Waals surface area contributed by atoms with Gasteiger partial charge in [-0.3, -0.25) is 0 Å². The first-order valence-electron chi connectivity index (χ1n) is 9.66. The Morgan fingerprint density at radius 2 is 1.55 bits per heavy atom. The summed E-state index contributed by atoms with van der Waals surface area (Å²) in [5.74, 6) is 2.71. The smallest absolute Gasteiger partial charge is 0.0603 e. The molecule has 0 radical (unpaired) electrons. The molecule has 3 fully saturated rings. The van der Waals surface area contributed by atoms with Gasteiger partial charge in [0, 0.05) is 19.6 Å². The first kappa shape index (κ1) is 16.7. The van der Waals surface area contributed by atoms with Crippen LogP contribution in [0.25, 0.3) is 0 Å². The minimum atomic E-state index is 0.548. The molecule has 3 rings (SSSR count). The molecule has 0 atom stereocenters. The van der Waals surface area contributed by atoms with Crippen molar-refractivity contribution in [2.45, 2.75) is 64.6 Å². The highest BCUT2D eigenvalue weighted by molar-refractivity contribution is 4.85. The number of nitrogens with zero attached hydrogens (tertiary/aromatic N) is 2. The van der Waals surface area contributed by atoms with Crippen LogP contribution >= 0.6 is 0 Å². The molecule has 0 unspecified atom stereocenters. The van der Waals surface area contributed by atoms with Crippen molar-refractivity contribution in [3.63, 3.8) is 0 Å². The summed E-state index contributed by atoms with van der Waals surface area (Å²) in [5, 5.41) is 0. The highest BCUT2D eigenvalue weighted by Gasteiger charge is 2.34. The molecule has 22 heavy (non-hydrogen) atoms. The molecule has 0 aromatic heterocycles. The van der Waals surface area contributed by atoms with Crippen LogP contribution in [0.15, 0.2) is 0 Å². The van der Waals surface area contributed by atoms with Crippen LogP contribution in [-0.2, 0) is 4.74 Å². The van der Waals surface area contributed by atoms with Gasteiger partial charge >= 0.3 is 0 Å². The summed E-state index contributed by atoms with van der Waals surface area (Å²) in [7, 11) is 2.25. The molecule has 0 aromatic rings. The quantitative estimate of drug-likeness (QED) is 0.775. The Morgan fingerprint density at radius 3 is 2.14 bits per heavy atom. The molecule has 0 amide bonds. The Labute approximate surface area is 137 Å². The Hall–Kier alpha value is -0.120. The molecule has 0 N–H and O–H groups in total. The average molecular weight is 309 g/mol. The number of piperidine rings is 2. The van der Waals surface area contributed by atoms with Gasteiger partial charge in [0.1, 0.15) is 0 Å². The van der Waals surface area contributed by atoms with Crippen molar-refractivity contribution in [1.82, 2.24) is 9.80 Å². The van der Waals surface area contributed by atoms with Gasteiger partial charge in [-0.05, 0) is 76.4 Å². The molecule has 1 aliphatic carbocycles. The van der Waals surface area contributed by atoms with E-state index in [4.69, 9.17) is 4.74 Å². The molecule has 2 saturated heterocycles. The summed E-state index contributed by atoms with van der Waals surface area (Å²) in [6.07, 6.45) is 9.06. The van der Waals surface area contributed by atoms with Crippen LogP contribution in [-0.4, -0.2) is 61.8 Å². The third-order valence-electron chi connectivity index (χ3n) is 6.35. The zero-order valence-corrected chi connectivity index (χ0v) is 15.0. The van der Waals surface area contributed by atoms with Crippen molar-refractivity contribution in [2.24, 2.45) is 17.8 Å². The highest BCUT2D eigenvalue weighted by atomic mass is 16.5. The second-order valence-corrected chi connectivity index (χ2v) is 8.48. The zero-order chi connectivity index (χ0) is 15.5. The van der Waals surface area contributed by atoms with Crippen molar-refractivity contribution in [1.29, 1.82) is 0 Å². The Morgan fingerprint density at radius 1 is 0.909 bits per heavy atom. The molecule has 0 bridgehead atoms. The normalized spacial score (nSPS) is 33.3. The van der Waals surface area contributed by atoms with E-state index in [0.717, 1.165) is 17.8 Å². The molecular formula is C19H36N2O. The predicted octanol–water partition coefficient (Wildman–Crippen LogP) is 3.24. The van der Waals surface area contributed by atoms with Gasteiger partial charge in [0.25, 0.3) is 0 Å². The molecule has 2 heterocycles. The summed E-state index contributed by atoms with van der Waals surface area (Å²) < 4.78 is 6.33. The number of rotatable bonds is 5. The maximum Gasteiger partial charge on any atom is 0.0603 e. The SMILES string of the molecule is CC(C)C1CC(OC2CCN(CC3CCN(C)CC3)CC2)C1. The van der Waals surface area contributed by atoms with Crippen LogP contribution in [0.3, 0.4) is 0 Å². The maximum absolute atomic E-state index is 6.33. The average Bonchev–Trinajstić information content (AvgIpc) is 2.46. The van der Waals surface area contributed by atoms with E-state index in [9.17, 15) is 0 Å². The zero-order valence-electron chi connectivity index (χ0n) is 15.0. The Kier molecular flexibility index (Phi) is 5.80. The summed E-state index contributed by atoms with van der Waals surface area (Å²) in [5.41, 5.74) is 0. The van der Waals surface area contributed by atoms with Gasteiger partial charge in [-0.25, -0.2) is 0 Å². The third-order valence-corrected chi connectivity index (χ3v) is 6.35. The predicted molar refractivity (Wildman–Crippen MR) is 92.1 cm³/mol. The van der Waals surface area contributed by atoms with Crippen LogP contribution in [0.2, 0.25) is 0 Å². The van der Waals surface area contributed by atoms with Crippen LogP contribution in [0.5, 0.6) is 0 Å². The summed E-state index contributed by atoms with van der Waals surface area (Å²) >= 11 is 0. The molecule has 1 saturated carbocycles. The lowest BCUT2D eigenvalue weighted by atomic mass is 9.75. The molecule has 128 valence electrons. The molecular weight excluding hydrogens is 272 g/mol. The summed E-state index contributed by atoms with van der Waals surface area (Å²) in [4.78, 5) is 5.17. The second kappa shape index (κ2) is 7.63. The van der Waals surface area contributed by atoms with E-state index in [1.165, 1.54) is 71.2 Å². The molecule has 0 aromatic carbocycles. The monoisotopic (exact) mass is 308 g/mol. The fourth-order valence-electron chi connectivity index (χ4n) is 4.37. The largest absolute Gasteiger partial charge is 0.375 e. The minimum absolute atomic E-state index is 0.548. The topological polar surface area (TPSA) is 15.7 Å². The minimum Gasteiger partial charge on any atom is -0.375 e. The fourth-order valence-corrected chi connectivity index (χ4v) is 4.37. The van der Waals surface area contributed by atoms with Gasteiger partial charge in [-0.2, -0.15) is 0 Å². The first-order valence-corrected chi connectivity index (χ1v) is 9.66. The van der Waals surface area contributed by atoms with E-state index in [0.29, 0.717) is 12.2 Å². The van der Waals surface area contributed by atoms with E-state index in [-0.39, 0.29) is 0 Å². The van der Waals surface area contributed by atoms with Gasteiger partial charge in [0.2, 0.25) is 0 Å². The molecule has 3 aliphatic rings. The van der Waals surface area contributed by atoms with Crippen LogP contribution in [0, 0.1) is 17.8 Å². The number of hydrogen-bond acceptors (Lipinski definition) is 3. The van der Waals surface area contributed by atoms with E-state index >= 15 is 0 Å². The van der Waals surface area contributed by atoms with E-state index < -0.39 is 0 Å². The van der Waals surface area contributed by atoms with Crippen molar-refractivity contribution in [3.05, 3.63) is 0 Å². The van der Waals surface area contributed by atoms with Crippen LogP contribution < -0.4 is 0 Å². The van der Waals surface area contributed by atoms with Crippen molar-refractivity contribution >= 4 is 0 Å². The van der Waals surface area contributed by atoms with Crippen LogP contribution in [0.1, 0.15) is 52.4 Å². The maximum atomic E-state index is 6.33. The number of hydrogen-bond donors (Lipinski definition) is 0. The number of likely N-dealkylation sites (tertiary alicyclic amines) is 2. The number of ether oxygens (including phenoxy) is 1. The third kappa shape index (κ3) is 4.46. The van der Waals surface area contributed by atoms with Crippen molar-refractivity contribution in [3.8, 4) is 0 Å².